The Labute approximate surface area is 97.8 Å². The number of aryl methyl sites for hydroxylation is 1. The summed E-state index contributed by atoms with van der Waals surface area (Å²) in [6.45, 7) is 1.69. The van der Waals surface area contributed by atoms with Crippen LogP contribution in [-0.4, -0.2) is 11.1 Å². The average molecular weight is 273 g/mol. The Morgan fingerprint density at radius 1 is 1.40 bits per heavy atom. The lowest BCUT2D eigenvalue weighted by Gasteiger charge is -2.02. The topological polar surface area (TPSA) is 17.1 Å². The van der Waals surface area contributed by atoms with E-state index in [1.54, 1.807) is 19.1 Å². The third-order valence-corrected chi connectivity index (χ3v) is 2.84. The highest BCUT2D eigenvalue weighted by Crippen LogP contribution is 2.12. The Morgan fingerprint density at radius 2 is 2.13 bits per heavy atom. The standard InChI is InChI=1S/C12H14BrFO/c1-9-5-6-10(8-11(9)14)12(15)4-2-3-7-13/h5-6,8H,2-4,7H2,1H3. The molecule has 0 saturated carbocycles. The SMILES string of the molecule is Cc1ccc(C(=O)CCCCBr)cc1F. The van der Waals surface area contributed by atoms with Gasteiger partial charge < -0.3 is 0 Å². The van der Waals surface area contributed by atoms with E-state index in [2.05, 4.69) is 15.9 Å². The molecule has 0 bridgehead atoms. The van der Waals surface area contributed by atoms with E-state index < -0.39 is 0 Å². The number of unbranched alkanes of at least 4 members (excludes halogenated alkanes) is 1. The molecule has 0 fully saturated rings. The highest BCUT2D eigenvalue weighted by atomic mass is 79.9. The summed E-state index contributed by atoms with van der Waals surface area (Å²) in [6.07, 6.45) is 2.31. The number of alkyl halides is 1. The second-order valence-electron chi connectivity index (χ2n) is 3.53. The molecule has 0 saturated heterocycles. The molecule has 0 radical (unpaired) electrons. The summed E-state index contributed by atoms with van der Waals surface area (Å²) < 4.78 is 13.2. The van der Waals surface area contributed by atoms with Crippen molar-refractivity contribution in [3.05, 3.63) is 35.1 Å². The molecule has 0 unspecified atom stereocenters. The lowest BCUT2D eigenvalue weighted by atomic mass is 10.0. The van der Waals surface area contributed by atoms with Crippen molar-refractivity contribution in [2.24, 2.45) is 0 Å². The van der Waals surface area contributed by atoms with Crippen LogP contribution in [0.25, 0.3) is 0 Å². The minimum atomic E-state index is -0.304. The zero-order chi connectivity index (χ0) is 11.3. The van der Waals surface area contributed by atoms with Crippen LogP contribution in [0.1, 0.15) is 35.2 Å². The first-order chi connectivity index (χ1) is 7.15. The van der Waals surface area contributed by atoms with E-state index in [4.69, 9.17) is 0 Å². The maximum atomic E-state index is 13.2. The highest BCUT2D eigenvalue weighted by Gasteiger charge is 2.07. The van der Waals surface area contributed by atoms with Crippen LogP contribution < -0.4 is 0 Å². The van der Waals surface area contributed by atoms with E-state index in [9.17, 15) is 9.18 Å². The number of carbonyl (C=O) groups excluding carboxylic acids is 1. The van der Waals surface area contributed by atoms with Crippen molar-refractivity contribution in [3.63, 3.8) is 0 Å². The zero-order valence-electron chi connectivity index (χ0n) is 8.72. The fourth-order valence-corrected chi connectivity index (χ4v) is 1.69. The molecule has 0 N–H and O–H groups in total. The first-order valence-corrected chi connectivity index (χ1v) is 6.12. The van der Waals surface area contributed by atoms with Gasteiger partial charge in [-0.3, -0.25) is 4.79 Å². The molecule has 1 aromatic carbocycles. The molecule has 1 nitrogen and oxygen atoms in total. The van der Waals surface area contributed by atoms with Gasteiger partial charge in [0.15, 0.2) is 5.78 Å². The van der Waals surface area contributed by atoms with Crippen molar-refractivity contribution >= 4 is 21.7 Å². The fraction of sp³-hybridized carbons (Fsp3) is 0.417. The van der Waals surface area contributed by atoms with E-state index in [1.165, 1.54) is 6.07 Å². The molecular weight excluding hydrogens is 259 g/mol. The van der Waals surface area contributed by atoms with Gasteiger partial charge in [0, 0.05) is 17.3 Å². The molecule has 0 amide bonds. The summed E-state index contributed by atoms with van der Waals surface area (Å²) in [5.41, 5.74) is 1.06. The smallest absolute Gasteiger partial charge is 0.162 e. The van der Waals surface area contributed by atoms with Crippen LogP contribution in [0.5, 0.6) is 0 Å². The van der Waals surface area contributed by atoms with Crippen LogP contribution in [0, 0.1) is 12.7 Å². The minimum absolute atomic E-state index is 0.0230. The second kappa shape index (κ2) is 6.01. The van der Waals surface area contributed by atoms with Gasteiger partial charge in [-0.1, -0.05) is 28.1 Å². The Kier molecular flexibility index (Phi) is 4.95. The molecule has 0 spiro atoms. The fourth-order valence-electron chi connectivity index (χ4n) is 1.29. The quantitative estimate of drug-likeness (QED) is 0.452. The zero-order valence-corrected chi connectivity index (χ0v) is 10.3. The van der Waals surface area contributed by atoms with Crippen molar-refractivity contribution in [2.45, 2.75) is 26.2 Å². The maximum Gasteiger partial charge on any atom is 0.162 e. The van der Waals surface area contributed by atoms with Crippen LogP contribution in [0.2, 0.25) is 0 Å². The lowest BCUT2D eigenvalue weighted by Crippen LogP contribution is -2.00. The molecule has 0 heterocycles. The molecule has 82 valence electrons. The van der Waals surface area contributed by atoms with Crippen molar-refractivity contribution in [2.75, 3.05) is 5.33 Å². The molecule has 3 heteroatoms. The summed E-state index contributed by atoms with van der Waals surface area (Å²) in [5.74, 6) is -0.281. The lowest BCUT2D eigenvalue weighted by molar-refractivity contribution is 0.0979. The summed E-state index contributed by atoms with van der Waals surface area (Å²) in [7, 11) is 0. The molecule has 0 atom stereocenters. The number of Topliss-reactive ketones (excluding diaryl/α,β-unsaturated/α-hetero) is 1. The monoisotopic (exact) mass is 272 g/mol. The van der Waals surface area contributed by atoms with Gasteiger partial charge >= 0.3 is 0 Å². The number of ketones is 1. The first kappa shape index (κ1) is 12.4. The first-order valence-electron chi connectivity index (χ1n) is 5.00. The van der Waals surface area contributed by atoms with Gasteiger partial charge in [-0.05, 0) is 31.4 Å². The summed E-state index contributed by atoms with van der Waals surface area (Å²) in [6, 6.07) is 4.66. The van der Waals surface area contributed by atoms with Crippen LogP contribution in [0.15, 0.2) is 18.2 Å². The van der Waals surface area contributed by atoms with E-state index in [0.717, 1.165) is 18.2 Å². The minimum Gasteiger partial charge on any atom is -0.294 e. The van der Waals surface area contributed by atoms with Gasteiger partial charge in [-0.15, -0.1) is 0 Å². The molecule has 0 aliphatic rings. The Balaban J connectivity index is 2.62. The third kappa shape index (κ3) is 3.74. The predicted molar refractivity (Wildman–Crippen MR) is 63.1 cm³/mol. The number of hydrogen-bond donors (Lipinski definition) is 0. The maximum absolute atomic E-state index is 13.2. The van der Waals surface area contributed by atoms with Crippen molar-refractivity contribution in [1.29, 1.82) is 0 Å². The van der Waals surface area contributed by atoms with E-state index in [1.807, 2.05) is 0 Å². The highest BCUT2D eigenvalue weighted by molar-refractivity contribution is 9.09. The Morgan fingerprint density at radius 3 is 2.73 bits per heavy atom. The van der Waals surface area contributed by atoms with Gasteiger partial charge in [0.05, 0.1) is 0 Å². The molecule has 0 aliphatic heterocycles. The third-order valence-electron chi connectivity index (χ3n) is 2.28. The van der Waals surface area contributed by atoms with Crippen molar-refractivity contribution < 1.29 is 9.18 Å². The molecule has 15 heavy (non-hydrogen) atoms. The molecular formula is C12H14BrFO. The van der Waals surface area contributed by atoms with Gasteiger partial charge in [0.2, 0.25) is 0 Å². The van der Waals surface area contributed by atoms with Gasteiger partial charge in [-0.25, -0.2) is 4.39 Å². The molecule has 0 aliphatic carbocycles. The van der Waals surface area contributed by atoms with Gasteiger partial charge in [-0.2, -0.15) is 0 Å². The average Bonchev–Trinajstić information content (AvgIpc) is 2.22. The van der Waals surface area contributed by atoms with Gasteiger partial charge in [0.25, 0.3) is 0 Å². The summed E-state index contributed by atoms with van der Waals surface area (Å²) in [4.78, 5) is 11.6. The summed E-state index contributed by atoms with van der Waals surface area (Å²) in [5, 5.41) is 0.905. The largest absolute Gasteiger partial charge is 0.294 e. The molecule has 1 aromatic rings. The van der Waals surface area contributed by atoms with Crippen LogP contribution in [0.4, 0.5) is 4.39 Å². The van der Waals surface area contributed by atoms with Crippen molar-refractivity contribution in [3.8, 4) is 0 Å². The van der Waals surface area contributed by atoms with E-state index in [0.29, 0.717) is 17.5 Å². The number of carbonyl (C=O) groups is 1. The van der Waals surface area contributed by atoms with Crippen LogP contribution >= 0.6 is 15.9 Å². The Bertz CT molecular complexity index is 349. The summed E-state index contributed by atoms with van der Waals surface area (Å²) >= 11 is 3.31. The van der Waals surface area contributed by atoms with E-state index in [-0.39, 0.29) is 11.6 Å². The Hall–Kier alpha value is -0.700. The van der Waals surface area contributed by atoms with Crippen LogP contribution in [-0.2, 0) is 0 Å². The van der Waals surface area contributed by atoms with Gasteiger partial charge in [0.1, 0.15) is 5.82 Å². The molecule has 0 aromatic heterocycles. The van der Waals surface area contributed by atoms with Crippen molar-refractivity contribution in [1.82, 2.24) is 0 Å². The second-order valence-corrected chi connectivity index (χ2v) is 4.33. The van der Waals surface area contributed by atoms with E-state index >= 15 is 0 Å². The predicted octanol–water partition coefficient (Wildman–Crippen LogP) is 3.88. The number of hydrogen-bond acceptors (Lipinski definition) is 1. The number of halogens is 2. The number of rotatable bonds is 5. The van der Waals surface area contributed by atoms with Crippen LogP contribution in [0.3, 0.4) is 0 Å². The number of benzene rings is 1. The molecule has 1 rings (SSSR count). The normalized spacial score (nSPS) is 10.3.